The predicted octanol–water partition coefficient (Wildman–Crippen LogP) is 4.49. The molecule has 0 aliphatic heterocycles. The van der Waals surface area contributed by atoms with Crippen LogP contribution in [0.5, 0.6) is 11.5 Å². The molecule has 5 rings (SSSR count). The Bertz CT molecular complexity index is 1350. The van der Waals surface area contributed by atoms with Gasteiger partial charge in [-0.15, -0.1) is 0 Å². The lowest BCUT2D eigenvalue weighted by molar-refractivity contribution is 0.374. The first-order valence-corrected chi connectivity index (χ1v) is 9.49. The average molecular weight is 397 g/mol. The highest BCUT2D eigenvalue weighted by Crippen LogP contribution is 2.34. The Morgan fingerprint density at radius 1 is 1.03 bits per heavy atom. The maximum absolute atomic E-state index is 10.1. The lowest BCUT2D eigenvalue weighted by Crippen LogP contribution is -2.01. The fraction of sp³-hybridized carbons (Fsp3) is 0.0870. The zero-order valence-electron chi connectivity index (χ0n) is 16.3. The van der Waals surface area contributed by atoms with Gasteiger partial charge >= 0.3 is 0 Å². The van der Waals surface area contributed by atoms with E-state index in [1.54, 1.807) is 12.1 Å². The zero-order valence-corrected chi connectivity index (χ0v) is 16.3. The minimum absolute atomic E-state index is 0.0421. The lowest BCUT2D eigenvalue weighted by Gasteiger charge is -2.11. The van der Waals surface area contributed by atoms with Gasteiger partial charge in [0, 0.05) is 22.5 Å². The summed E-state index contributed by atoms with van der Waals surface area (Å²) >= 11 is 0. The van der Waals surface area contributed by atoms with E-state index >= 15 is 0 Å². The van der Waals surface area contributed by atoms with Gasteiger partial charge in [-0.2, -0.15) is 5.10 Å². The van der Waals surface area contributed by atoms with E-state index in [0.29, 0.717) is 22.5 Å². The fourth-order valence-corrected chi connectivity index (χ4v) is 3.52. The molecule has 3 aromatic carbocycles. The Hall–Kier alpha value is -4.13. The van der Waals surface area contributed by atoms with Crippen molar-refractivity contribution in [2.45, 2.75) is 6.54 Å². The third-order valence-corrected chi connectivity index (χ3v) is 5.02. The van der Waals surface area contributed by atoms with Crippen LogP contribution >= 0.6 is 0 Å². The van der Waals surface area contributed by atoms with Crippen molar-refractivity contribution in [2.75, 3.05) is 12.4 Å². The van der Waals surface area contributed by atoms with Crippen LogP contribution in [0.2, 0.25) is 0 Å². The van der Waals surface area contributed by atoms with E-state index in [1.165, 1.54) is 19.0 Å². The number of nitrogens with zero attached hydrogens (tertiary/aromatic N) is 4. The van der Waals surface area contributed by atoms with E-state index in [9.17, 15) is 5.11 Å². The molecule has 30 heavy (non-hydrogen) atoms. The molecule has 0 bridgehead atoms. The number of anilines is 2. The molecule has 0 aliphatic carbocycles. The van der Waals surface area contributed by atoms with Crippen LogP contribution in [0.15, 0.2) is 73.2 Å². The van der Waals surface area contributed by atoms with Crippen LogP contribution in [0.25, 0.3) is 21.8 Å². The van der Waals surface area contributed by atoms with Gasteiger partial charge in [-0.05, 0) is 29.8 Å². The van der Waals surface area contributed by atoms with Crippen molar-refractivity contribution < 1.29 is 9.84 Å². The number of aromatic nitrogens is 4. The van der Waals surface area contributed by atoms with E-state index in [1.807, 2.05) is 47.3 Å². The number of phenolic OH excluding ortho intramolecular Hbond substituents is 1. The average Bonchev–Trinajstić information content (AvgIpc) is 3.16. The molecule has 0 atom stereocenters. The van der Waals surface area contributed by atoms with Crippen molar-refractivity contribution in [3.63, 3.8) is 0 Å². The van der Waals surface area contributed by atoms with Gasteiger partial charge in [-0.25, -0.2) is 9.97 Å². The largest absolute Gasteiger partial charge is 0.504 e. The second-order valence-electron chi connectivity index (χ2n) is 6.95. The Morgan fingerprint density at radius 3 is 2.73 bits per heavy atom. The van der Waals surface area contributed by atoms with Gasteiger partial charge in [0.1, 0.15) is 12.1 Å². The van der Waals surface area contributed by atoms with Gasteiger partial charge in [0.15, 0.2) is 11.5 Å². The number of phenols is 1. The van der Waals surface area contributed by atoms with Crippen LogP contribution < -0.4 is 10.1 Å². The summed E-state index contributed by atoms with van der Waals surface area (Å²) in [4.78, 5) is 8.62. The molecule has 148 valence electrons. The third kappa shape index (κ3) is 3.26. The molecule has 2 heterocycles. The molecule has 7 heteroatoms. The first-order chi connectivity index (χ1) is 14.7. The maximum atomic E-state index is 10.1. The summed E-state index contributed by atoms with van der Waals surface area (Å²) in [6.45, 7) is 0.717. The van der Waals surface area contributed by atoms with Crippen LogP contribution in [0.1, 0.15) is 5.56 Å². The van der Waals surface area contributed by atoms with Crippen LogP contribution in [-0.4, -0.2) is 32.0 Å². The molecule has 7 nitrogen and oxygen atoms in total. The number of rotatable bonds is 5. The quantitative estimate of drug-likeness (QED) is 0.455. The minimum Gasteiger partial charge on any atom is -0.504 e. The van der Waals surface area contributed by atoms with Crippen LogP contribution in [0.4, 0.5) is 11.5 Å². The highest BCUT2D eigenvalue weighted by Gasteiger charge is 2.11. The SMILES string of the molecule is COc1cc2ncnc(Nc3ccc4c(cnn4Cc4ccccc4)c3)c2cc1O. The molecule has 0 radical (unpaired) electrons. The van der Waals surface area contributed by atoms with Crippen LogP contribution in [0, 0.1) is 0 Å². The molecule has 2 aromatic heterocycles. The Kier molecular flexibility index (Phi) is 4.40. The number of ether oxygens (including phenoxy) is 1. The van der Waals surface area contributed by atoms with Gasteiger partial charge in [0.25, 0.3) is 0 Å². The van der Waals surface area contributed by atoms with Crippen molar-refractivity contribution in [3.8, 4) is 11.5 Å². The molecule has 0 unspecified atom stereocenters. The summed E-state index contributed by atoms with van der Waals surface area (Å²) in [5.74, 6) is 1.02. The second kappa shape index (κ2) is 7.36. The van der Waals surface area contributed by atoms with Gasteiger partial charge in [0.05, 0.1) is 30.9 Å². The van der Waals surface area contributed by atoms with E-state index < -0.39 is 0 Å². The normalized spacial score (nSPS) is 11.1. The van der Waals surface area contributed by atoms with Crippen molar-refractivity contribution in [1.82, 2.24) is 19.7 Å². The number of benzene rings is 3. The smallest absolute Gasteiger partial charge is 0.162 e. The zero-order chi connectivity index (χ0) is 20.5. The summed E-state index contributed by atoms with van der Waals surface area (Å²) in [6, 6.07) is 19.6. The highest BCUT2D eigenvalue weighted by atomic mass is 16.5. The van der Waals surface area contributed by atoms with Crippen molar-refractivity contribution in [3.05, 3.63) is 78.8 Å². The first kappa shape index (κ1) is 17.9. The fourth-order valence-electron chi connectivity index (χ4n) is 3.52. The highest BCUT2D eigenvalue weighted by molar-refractivity contribution is 5.93. The van der Waals surface area contributed by atoms with Crippen LogP contribution in [0.3, 0.4) is 0 Å². The number of nitrogens with one attached hydrogen (secondary N) is 1. The summed E-state index contributed by atoms with van der Waals surface area (Å²) in [5.41, 5.74) is 3.81. The lowest BCUT2D eigenvalue weighted by atomic mass is 10.2. The van der Waals surface area contributed by atoms with Gasteiger partial charge < -0.3 is 15.2 Å². The molecule has 0 fully saturated rings. The van der Waals surface area contributed by atoms with Crippen molar-refractivity contribution in [2.24, 2.45) is 0 Å². The summed E-state index contributed by atoms with van der Waals surface area (Å²) in [5, 5.41) is 19.7. The molecule has 0 saturated carbocycles. The van der Waals surface area contributed by atoms with Crippen molar-refractivity contribution in [1.29, 1.82) is 0 Å². The Balaban J connectivity index is 1.47. The molecule has 2 N–H and O–H groups in total. The molecule has 0 spiro atoms. The predicted molar refractivity (Wildman–Crippen MR) is 116 cm³/mol. The van der Waals surface area contributed by atoms with Gasteiger partial charge in [-0.1, -0.05) is 30.3 Å². The number of methoxy groups -OCH3 is 1. The standard InChI is InChI=1S/C23H19N5O2/c1-30-22-11-19-18(10-21(22)29)23(25-14-24-19)27-17-7-8-20-16(9-17)12-26-28(20)13-15-5-3-2-4-6-15/h2-12,14,29H,13H2,1H3,(H,24,25,27). The van der Waals surface area contributed by atoms with Gasteiger partial charge in [0.2, 0.25) is 0 Å². The summed E-state index contributed by atoms with van der Waals surface area (Å²) in [6.07, 6.45) is 3.34. The second-order valence-corrected chi connectivity index (χ2v) is 6.95. The Morgan fingerprint density at radius 2 is 1.90 bits per heavy atom. The first-order valence-electron chi connectivity index (χ1n) is 9.49. The topological polar surface area (TPSA) is 85.1 Å². The van der Waals surface area contributed by atoms with Crippen LogP contribution in [-0.2, 0) is 6.54 Å². The van der Waals surface area contributed by atoms with Crippen molar-refractivity contribution >= 4 is 33.3 Å². The van der Waals surface area contributed by atoms with E-state index in [4.69, 9.17) is 4.74 Å². The molecule has 0 saturated heterocycles. The molecule has 0 amide bonds. The number of aromatic hydroxyl groups is 1. The van der Waals surface area contributed by atoms with E-state index in [0.717, 1.165) is 23.1 Å². The number of hydrogen-bond donors (Lipinski definition) is 2. The monoisotopic (exact) mass is 397 g/mol. The molecule has 0 aliphatic rings. The minimum atomic E-state index is 0.0421. The van der Waals surface area contributed by atoms with E-state index in [-0.39, 0.29) is 5.75 Å². The Labute approximate surface area is 172 Å². The maximum Gasteiger partial charge on any atom is 0.162 e. The summed E-state index contributed by atoms with van der Waals surface area (Å²) in [7, 11) is 1.51. The molecule has 5 aromatic rings. The third-order valence-electron chi connectivity index (χ3n) is 5.02. The summed E-state index contributed by atoms with van der Waals surface area (Å²) < 4.78 is 7.15. The number of fused-ring (bicyclic) bond motifs is 2. The van der Waals surface area contributed by atoms with Gasteiger partial charge in [-0.3, -0.25) is 4.68 Å². The number of hydrogen-bond acceptors (Lipinski definition) is 6. The molecular formula is C23H19N5O2. The molecular weight excluding hydrogens is 378 g/mol. The van der Waals surface area contributed by atoms with E-state index in [2.05, 4.69) is 32.5 Å².